The molecule has 18 nitrogen and oxygen atoms in total. The zero-order valence-electron chi connectivity index (χ0n) is 30.9. The van der Waals surface area contributed by atoms with Gasteiger partial charge in [0.25, 0.3) is 10.0 Å². The number of carbonyl (C=O) groups excluding carboxylic acids is 5. The number of sulfonamides is 1. The van der Waals surface area contributed by atoms with Crippen molar-refractivity contribution < 1.29 is 41.9 Å². The summed E-state index contributed by atoms with van der Waals surface area (Å²) in [5, 5.41) is 10.6. The summed E-state index contributed by atoms with van der Waals surface area (Å²) >= 11 is 0. The lowest BCUT2D eigenvalue weighted by atomic mass is 10.1. The second kappa shape index (κ2) is 17.8. The van der Waals surface area contributed by atoms with E-state index in [1.54, 1.807) is 52.5 Å². The number of hydrogen-bond acceptors (Lipinski definition) is 12. The summed E-state index contributed by atoms with van der Waals surface area (Å²) in [5.74, 6) is -3.04. The predicted octanol–water partition coefficient (Wildman–Crippen LogP) is -1.66. The molecule has 9 N–H and O–H groups in total. The number of guanidine groups is 1. The first-order chi connectivity index (χ1) is 24.3. The van der Waals surface area contributed by atoms with Gasteiger partial charge >= 0.3 is 5.97 Å². The van der Waals surface area contributed by atoms with Crippen LogP contribution < -0.4 is 42.2 Å². The van der Waals surface area contributed by atoms with Crippen molar-refractivity contribution in [3.63, 3.8) is 0 Å². The molecule has 4 atom stereocenters. The fraction of sp³-hybridized carbons (Fsp3) is 0.636. The van der Waals surface area contributed by atoms with Crippen molar-refractivity contribution in [3.8, 4) is 5.75 Å². The van der Waals surface area contributed by atoms with Gasteiger partial charge in [0, 0.05) is 32.2 Å². The predicted molar refractivity (Wildman–Crippen MR) is 192 cm³/mol. The number of rotatable bonds is 11. The molecule has 4 amide bonds. The van der Waals surface area contributed by atoms with Gasteiger partial charge in [-0.05, 0) is 83.6 Å². The van der Waals surface area contributed by atoms with Crippen LogP contribution in [0.15, 0.2) is 16.0 Å². The molecule has 19 heteroatoms. The van der Waals surface area contributed by atoms with E-state index in [4.69, 9.17) is 20.9 Å². The molecule has 0 spiro atoms. The number of benzene rings is 1. The van der Waals surface area contributed by atoms with E-state index >= 15 is 0 Å². The lowest BCUT2D eigenvalue weighted by molar-refractivity contribution is -0.156. The van der Waals surface area contributed by atoms with Gasteiger partial charge in [-0.2, -0.15) is 0 Å². The summed E-state index contributed by atoms with van der Waals surface area (Å²) in [6, 6.07) is -2.02. The van der Waals surface area contributed by atoms with Crippen molar-refractivity contribution in [2.75, 3.05) is 39.8 Å². The van der Waals surface area contributed by atoms with Gasteiger partial charge in [0.15, 0.2) is 0 Å². The molecule has 2 fully saturated rings. The van der Waals surface area contributed by atoms with Crippen LogP contribution in [0.25, 0.3) is 0 Å². The zero-order chi connectivity index (χ0) is 39.0. The van der Waals surface area contributed by atoms with E-state index in [9.17, 15) is 32.4 Å². The number of aryl methyl sites for hydroxylation is 1. The van der Waals surface area contributed by atoms with E-state index in [-0.39, 0.29) is 49.8 Å². The number of esters is 1. The van der Waals surface area contributed by atoms with Crippen LogP contribution in [0.3, 0.4) is 0 Å². The van der Waals surface area contributed by atoms with E-state index in [0.717, 1.165) is 0 Å². The lowest BCUT2D eigenvalue weighted by Gasteiger charge is -2.25. The standard InChI is InChI=1S/C33H53N9O9S/c1-18-13-25(50-7)19(2)20(3)28(18)52(48,49)41-32(35)36-11-8-9-22-29(45)37-16-26(43)39-23(15-27(44)51-33(4,5)6)30(46)38-21-14-24(31(47)40-22)42(17-21)12-10-34/h13,21-24H,8-12,14-17,34H2,1-7H3,(H,37,45)(H,38,46)(H,39,43)(H,40,47)(H3,35,36,41)/t21-,22-,23-,24-/m0/s1. The monoisotopic (exact) mass is 751 g/mol. The minimum atomic E-state index is -4.10. The molecule has 0 saturated carbocycles. The summed E-state index contributed by atoms with van der Waals surface area (Å²) in [6.07, 6.45) is -0.00977. The number of methoxy groups -OCH3 is 1. The third-order valence-corrected chi connectivity index (χ3v) is 10.3. The van der Waals surface area contributed by atoms with E-state index in [0.29, 0.717) is 29.0 Å². The maximum Gasteiger partial charge on any atom is 0.308 e. The van der Waals surface area contributed by atoms with E-state index in [1.807, 2.05) is 0 Å². The Balaban J connectivity index is 1.75. The highest BCUT2D eigenvalue weighted by Crippen LogP contribution is 2.30. The third kappa shape index (κ3) is 11.5. The highest BCUT2D eigenvalue weighted by atomic mass is 32.2. The maximum atomic E-state index is 13.6. The molecule has 290 valence electrons. The molecule has 2 heterocycles. The molecular weight excluding hydrogens is 698 g/mol. The zero-order valence-corrected chi connectivity index (χ0v) is 31.7. The number of nitrogens with zero attached hydrogens (tertiary/aromatic N) is 2. The number of amides is 4. The molecule has 0 aromatic heterocycles. The fourth-order valence-corrected chi connectivity index (χ4v) is 7.67. The summed E-state index contributed by atoms with van der Waals surface area (Å²) in [6.45, 7) is 10.4. The van der Waals surface area contributed by atoms with Crippen LogP contribution >= 0.6 is 0 Å². The third-order valence-electron chi connectivity index (χ3n) is 8.61. The van der Waals surface area contributed by atoms with Crippen LogP contribution in [-0.2, 0) is 38.7 Å². The molecule has 0 radical (unpaired) electrons. The maximum absolute atomic E-state index is 13.6. The molecule has 1 aromatic carbocycles. The summed E-state index contributed by atoms with van der Waals surface area (Å²) < 4.78 is 39.4. The first-order valence-electron chi connectivity index (χ1n) is 17.1. The van der Waals surface area contributed by atoms with Gasteiger partial charge in [-0.1, -0.05) is 0 Å². The second-order valence-corrected chi connectivity index (χ2v) is 15.5. The topological polar surface area (TPSA) is 266 Å². The van der Waals surface area contributed by atoms with E-state index < -0.39 is 82.4 Å². The number of aliphatic imine (C=N–C) groups is 1. The Morgan fingerprint density at radius 2 is 1.73 bits per heavy atom. The number of likely N-dealkylation sites (tertiary alicyclic amines) is 1. The Bertz CT molecular complexity index is 1660. The van der Waals surface area contributed by atoms with E-state index in [1.165, 1.54) is 7.11 Å². The Labute approximate surface area is 304 Å². The van der Waals surface area contributed by atoms with Crippen LogP contribution in [0.2, 0.25) is 0 Å². The van der Waals surface area contributed by atoms with Crippen LogP contribution in [0.5, 0.6) is 5.75 Å². The van der Waals surface area contributed by atoms with Crippen molar-refractivity contribution in [1.29, 1.82) is 0 Å². The van der Waals surface area contributed by atoms with Crippen LogP contribution in [0.1, 0.15) is 63.1 Å². The normalized spacial score (nSPS) is 22.4. The molecule has 2 aliphatic heterocycles. The molecule has 2 saturated heterocycles. The van der Waals surface area contributed by atoms with Gasteiger partial charge in [-0.15, -0.1) is 0 Å². The molecule has 1 aromatic rings. The largest absolute Gasteiger partial charge is 0.496 e. The highest BCUT2D eigenvalue weighted by molar-refractivity contribution is 7.90. The number of nitrogens with one attached hydrogen (secondary N) is 5. The summed E-state index contributed by atoms with van der Waals surface area (Å²) in [5.41, 5.74) is 12.6. The van der Waals surface area contributed by atoms with Crippen molar-refractivity contribution >= 4 is 45.6 Å². The van der Waals surface area contributed by atoms with Crippen LogP contribution in [-0.4, -0.2) is 118 Å². The quantitative estimate of drug-likeness (QED) is 0.0580. The first-order valence-corrected chi connectivity index (χ1v) is 18.6. The van der Waals surface area contributed by atoms with Gasteiger partial charge in [-0.25, -0.2) is 13.1 Å². The minimum absolute atomic E-state index is 0.00271. The van der Waals surface area contributed by atoms with Crippen molar-refractivity contribution in [2.45, 2.75) is 102 Å². The van der Waals surface area contributed by atoms with Crippen molar-refractivity contribution in [2.24, 2.45) is 16.5 Å². The van der Waals surface area contributed by atoms with Gasteiger partial charge in [0.1, 0.15) is 23.4 Å². The van der Waals surface area contributed by atoms with Crippen molar-refractivity contribution in [3.05, 3.63) is 22.8 Å². The molecular formula is C33H53N9O9S. The van der Waals surface area contributed by atoms with Gasteiger partial charge in [0.2, 0.25) is 29.6 Å². The van der Waals surface area contributed by atoms with Gasteiger partial charge < -0.3 is 42.2 Å². The number of hydrogen-bond donors (Lipinski definition) is 7. The molecule has 0 aliphatic carbocycles. The Morgan fingerprint density at radius 1 is 1.04 bits per heavy atom. The molecule has 52 heavy (non-hydrogen) atoms. The molecule has 2 bridgehead atoms. The molecule has 0 unspecified atom stereocenters. The number of nitrogens with two attached hydrogens (primary N) is 2. The van der Waals surface area contributed by atoms with Gasteiger partial charge in [-0.3, -0.25) is 33.9 Å². The van der Waals surface area contributed by atoms with Crippen LogP contribution in [0, 0.1) is 20.8 Å². The Morgan fingerprint density at radius 3 is 2.37 bits per heavy atom. The minimum Gasteiger partial charge on any atom is -0.496 e. The number of carbonyl (C=O) groups is 5. The number of ether oxygens (including phenoxy) is 2. The van der Waals surface area contributed by atoms with E-state index in [2.05, 4.69) is 31.0 Å². The average Bonchev–Trinajstić information content (AvgIpc) is 3.43. The Hall–Kier alpha value is -4.49. The van der Waals surface area contributed by atoms with Gasteiger partial charge in [0.05, 0.1) is 31.0 Å². The molecule has 2 aliphatic rings. The summed E-state index contributed by atoms with van der Waals surface area (Å²) in [7, 11) is -2.60. The van der Waals surface area contributed by atoms with Crippen molar-refractivity contribution in [1.82, 2.24) is 30.9 Å². The second-order valence-electron chi connectivity index (χ2n) is 13.9. The first kappa shape index (κ1) is 41.9. The Kier molecular flexibility index (Phi) is 14.4. The lowest BCUT2D eigenvalue weighted by Crippen LogP contribution is -2.55. The SMILES string of the molecule is COc1cc(C)c(S(=O)(=O)NC(N)=NCCC[C@@H]2NC(=O)[C@@H]3C[C@@H](CN3CCN)NC(=O)[C@H](CC(=O)OC(C)(C)C)NC(=O)CNC2=O)c(C)c1C. The number of fused-ring (bicyclic) bond motifs is 2. The smallest absolute Gasteiger partial charge is 0.308 e. The van der Waals surface area contributed by atoms with Crippen LogP contribution in [0.4, 0.5) is 0 Å². The summed E-state index contributed by atoms with van der Waals surface area (Å²) in [4.78, 5) is 71.6. The fourth-order valence-electron chi connectivity index (χ4n) is 6.19. The molecule has 3 rings (SSSR count). The average molecular weight is 752 g/mol. The highest BCUT2D eigenvalue weighted by Gasteiger charge is 2.40.